The Morgan fingerprint density at radius 2 is 2.04 bits per heavy atom. The zero-order chi connectivity index (χ0) is 18.1. The lowest BCUT2D eigenvalue weighted by Gasteiger charge is -2.39. The standard InChI is InChI=1S/C21H27N5/c1-3-25-10-12-26(13-11-25)19-7-9-23-20-5-4-17(6-8-22)14-21(20)16-24(2)15-18(19)21/h4-7,9H,3,10-16H2,1-2H3/b17-6+. The normalized spacial score (nSPS) is 30.9. The number of hydrogen-bond donors (Lipinski definition) is 0. The van der Waals surface area contributed by atoms with E-state index in [1.54, 1.807) is 6.08 Å². The molecule has 0 N–H and O–H groups in total. The summed E-state index contributed by atoms with van der Waals surface area (Å²) in [6.45, 7) is 9.69. The minimum Gasteiger partial charge on any atom is -0.369 e. The van der Waals surface area contributed by atoms with E-state index in [-0.39, 0.29) is 5.41 Å². The van der Waals surface area contributed by atoms with Gasteiger partial charge >= 0.3 is 0 Å². The highest BCUT2D eigenvalue weighted by Gasteiger charge is 2.48. The number of rotatable bonds is 2. The summed E-state index contributed by atoms with van der Waals surface area (Å²) in [5, 5.41) is 9.13. The minimum atomic E-state index is -0.0904. The van der Waals surface area contributed by atoms with Gasteiger partial charge < -0.3 is 14.7 Å². The maximum absolute atomic E-state index is 9.13. The van der Waals surface area contributed by atoms with Gasteiger partial charge in [0.15, 0.2) is 0 Å². The molecule has 4 aliphatic rings. The lowest BCUT2D eigenvalue weighted by molar-refractivity contribution is 0.166. The topological polar surface area (TPSA) is 45.9 Å². The van der Waals surface area contributed by atoms with E-state index in [0.29, 0.717) is 0 Å². The first kappa shape index (κ1) is 17.3. The van der Waals surface area contributed by atoms with Gasteiger partial charge in [-0.05, 0) is 43.3 Å². The second kappa shape index (κ2) is 6.86. The summed E-state index contributed by atoms with van der Waals surface area (Å²) in [4.78, 5) is 12.3. The molecule has 5 heteroatoms. The Hall–Kier alpha value is -2.16. The minimum absolute atomic E-state index is 0.0904. The largest absolute Gasteiger partial charge is 0.369 e. The maximum Gasteiger partial charge on any atom is 0.0914 e. The summed E-state index contributed by atoms with van der Waals surface area (Å²) in [7, 11) is 2.19. The fraction of sp³-hybridized carbons (Fsp3) is 0.524. The van der Waals surface area contributed by atoms with Crippen molar-refractivity contribution in [3.8, 4) is 6.07 Å². The average molecular weight is 349 g/mol. The van der Waals surface area contributed by atoms with Crippen molar-refractivity contribution in [1.29, 1.82) is 5.26 Å². The molecular weight excluding hydrogens is 322 g/mol. The number of nitrogens with zero attached hydrogens (tertiary/aromatic N) is 5. The molecule has 1 aliphatic carbocycles. The lowest BCUT2D eigenvalue weighted by Crippen LogP contribution is -2.46. The number of nitriles is 1. The summed E-state index contributed by atoms with van der Waals surface area (Å²) in [6.07, 6.45) is 10.9. The molecule has 0 saturated carbocycles. The number of likely N-dealkylation sites (N-methyl/N-ethyl adjacent to an activating group) is 2. The molecule has 0 radical (unpaired) electrons. The van der Waals surface area contributed by atoms with Crippen LogP contribution in [0.3, 0.4) is 0 Å². The van der Waals surface area contributed by atoms with Crippen LogP contribution in [0.5, 0.6) is 0 Å². The van der Waals surface area contributed by atoms with Gasteiger partial charge in [-0.1, -0.05) is 13.0 Å². The molecule has 3 heterocycles. The van der Waals surface area contributed by atoms with Crippen LogP contribution in [0.1, 0.15) is 13.3 Å². The molecule has 0 aromatic rings. The zero-order valence-corrected chi connectivity index (χ0v) is 15.8. The van der Waals surface area contributed by atoms with Crippen LogP contribution in [0.4, 0.5) is 0 Å². The maximum atomic E-state index is 9.13. The molecule has 136 valence electrons. The van der Waals surface area contributed by atoms with Crippen LogP contribution in [-0.2, 0) is 0 Å². The number of likely N-dealkylation sites (tertiary alicyclic amines) is 1. The van der Waals surface area contributed by atoms with Gasteiger partial charge in [0.1, 0.15) is 0 Å². The third-order valence-corrected chi connectivity index (χ3v) is 6.16. The Morgan fingerprint density at radius 3 is 2.77 bits per heavy atom. The van der Waals surface area contributed by atoms with E-state index in [4.69, 9.17) is 10.3 Å². The Bertz CT molecular complexity index is 771. The lowest BCUT2D eigenvalue weighted by atomic mass is 9.69. The Labute approximate surface area is 156 Å². The first-order valence-corrected chi connectivity index (χ1v) is 9.57. The molecule has 0 aromatic heterocycles. The van der Waals surface area contributed by atoms with Crippen molar-refractivity contribution < 1.29 is 0 Å². The monoisotopic (exact) mass is 349 g/mol. The molecule has 2 saturated heterocycles. The Morgan fingerprint density at radius 1 is 1.23 bits per heavy atom. The van der Waals surface area contributed by atoms with Gasteiger partial charge in [0.2, 0.25) is 0 Å². The summed E-state index contributed by atoms with van der Waals surface area (Å²) in [5.74, 6) is 0. The fourth-order valence-electron chi connectivity index (χ4n) is 4.84. The van der Waals surface area contributed by atoms with Gasteiger partial charge in [-0.2, -0.15) is 5.26 Å². The molecule has 2 fully saturated rings. The van der Waals surface area contributed by atoms with Crippen molar-refractivity contribution in [2.75, 3.05) is 52.9 Å². The highest BCUT2D eigenvalue weighted by molar-refractivity contribution is 6.05. The predicted molar refractivity (Wildman–Crippen MR) is 105 cm³/mol. The molecule has 5 nitrogen and oxygen atoms in total. The summed E-state index contributed by atoms with van der Waals surface area (Å²) < 4.78 is 0. The van der Waals surface area contributed by atoms with Crippen molar-refractivity contribution in [2.45, 2.75) is 13.3 Å². The van der Waals surface area contributed by atoms with Gasteiger partial charge in [-0.3, -0.25) is 4.99 Å². The van der Waals surface area contributed by atoms with E-state index < -0.39 is 0 Å². The van der Waals surface area contributed by atoms with Crippen LogP contribution in [0.2, 0.25) is 0 Å². The third-order valence-electron chi connectivity index (χ3n) is 6.16. The predicted octanol–water partition coefficient (Wildman–Crippen LogP) is 2.19. The summed E-state index contributed by atoms with van der Waals surface area (Å²) >= 11 is 0. The van der Waals surface area contributed by atoms with Crippen molar-refractivity contribution in [3.63, 3.8) is 0 Å². The molecule has 26 heavy (non-hydrogen) atoms. The van der Waals surface area contributed by atoms with Gasteiger partial charge in [0.05, 0.1) is 17.2 Å². The molecule has 3 aliphatic heterocycles. The van der Waals surface area contributed by atoms with Crippen molar-refractivity contribution >= 4 is 5.71 Å². The second-order valence-corrected chi connectivity index (χ2v) is 7.73. The highest BCUT2D eigenvalue weighted by Crippen LogP contribution is 2.47. The van der Waals surface area contributed by atoms with E-state index >= 15 is 0 Å². The van der Waals surface area contributed by atoms with Crippen LogP contribution >= 0.6 is 0 Å². The first-order chi connectivity index (χ1) is 12.7. The molecule has 4 rings (SSSR count). The number of allylic oxidation sites excluding steroid dienone is 5. The van der Waals surface area contributed by atoms with Crippen molar-refractivity contribution in [3.05, 3.63) is 47.3 Å². The molecular formula is C21H27N5. The van der Waals surface area contributed by atoms with Crippen molar-refractivity contribution in [2.24, 2.45) is 10.4 Å². The van der Waals surface area contributed by atoms with Crippen LogP contribution < -0.4 is 0 Å². The van der Waals surface area contributed by atoms with Crippen molar-refractivity contribution in [1.82, 2.24) is 14.7 Å². The van der Waals surface area contributed by atoms with E-state index in [1.807, 2.05) is 6.20 Å². The first-order valence-electron chi connectivity index (χ1n) is 9.57. The van der Waals surface area contributed by atoms with Crippen LogP contribution in [-0.4, -0.2) is 73.3 Å². The van der Waals surface area contributed by atoms with E-state index in [9.17, 15) is 0 Å². The van der Waals surface area contributed by atoms with E-state index in [2.05, 4.69) is 53.0 Å². The van der Waals surface area contributed by atoms with E-state index in [0.717, 1.165) is 63.5 Å². The number of hydrogen-bond acceptors (Lipinski definition) is 5. The quantitative estimate of drug-likeness (QED) is 0.717. The van der Waals surface area contributed by atoms with Gasteiger partial charge in [-0.15, -0.1) is 0 Å². The molecule has 0 aromatic carbocycles. The average Bonchev–Trinajstić information content (AvgIpc) is 2.88. The summed E-state index contributed by atoms with van der Waals surface area (Å²) in [6, 6.07) is 2.21. The SMILES string of the molecule is CCN1CCN(C2=C3CN(C)CC34C/C(=C/C#N)C=CC4=NC=C2)CC1. The van der Waals surface area contributed by atoms with Gasteiger partial charge in [0.25, 0.3) is 0 Å². The second-order valence-electron chi connectivity index (χ2n) is 7.73. The molecule has 1 spiro atoms. The van der Waals surface area contributed by atoms with E-state index in [1.165, 1.54) is 11.3 Å². The molecule has 0 amide bonds. The zero-order valence-electron chi connectivity index (χ0n) is 15.8. The van der Waals surface area contributed by atoms with Gasteiger partial charge in [-0.25, -0.2) is 0 Å². The van der Waals surface area contributed by atoms with Crippen LogP contribution in [0.25, 0.3) is 0 Å². The smallest absolute Gasteiger partial charge is 0.0914 e. The Balaban J connectivity index is 1.75. The van der Waals surface area contributed by atoms with Crippen LogP contribution in [0, 0.1) is 16.7 Å². The fourth-order valence-corrected chi connectivity index (χ4v) is 4.84. The number of piperazine rings is 1. The number of aliphatic imine (C=N–C) groups is 1. The Kier molecular flexibility index (Phi) is 4.56. The highest BCUT2D eigenvalue weighted by atomic mass is 15.3. The molecule has 1 unspecified atom stereocenters. The third kappa shape index (κ3) is 2.84. The summed E-state index contributed by atoms with van der Waals surface area (Å²) in [5.41, 5.74) is 5.00. The molecule has 0 bridgehead atoms. The van der Waals surface area contributed by atoms with Crippen LogP contribution in [0.15, 0.2) is 52.3 Å². The molecule has 1 atom stereocenters. The van der Waals surface area contributed by atoms with Gasteiger partial charge in [0, 0.05) is 57.2 Å².